The molecule has 1 aliphatic heterocycles. The van der Waals surface area contributed by atoms with Crippen LogP contribution in [0.4, 0.5) is 13.2 Å². The fraction of sp³-hybridized carbons (Fsp3) is 0.357. The van der Waals surface area contributed by atoms with E-state index in [0.717, 1.165) is 4.90 Å². The number of hydrogen-bond donors (Lipinski definition) is 0. The Morgan fingerprint density at radius 2 is 1.75 bits per heavy atom. The largest absolute Gasteiger partial charge is 0.431 e. The van der Waals surface area contributed by atoms with Crippen molar-refractivity contribution in [3.05, 3.63) is 47.7 Å². The van der Waals surface area contributed by atoms with Gasteiger partial charge in [0.15, 0.2) is 5.78 Å². The minimum atomic E-state index is -4.55. The second kappa shape index (κ2) is 6.09. The van der Waals surface area contributed by atoms with Gasteiger partial charge in [-0.05, 0) is 0 Å². The number of morpholine rings is 1. The maximum absolute atomic E-state index is 13.1. The summed E-state index contributed by atoms with van der Waals surface area (Å²) in [5, 5.41) is 0. The number of rotatable bonds is 3. The fourth-order valence-corrected chi connectivity index (χ4v) is 1.97. The Hall–Kier alpha value is -1.82. The zero-order valence-corrected chi connectivity index (χ0v) is 10.7. The van der Waals surface area contributed by atoms with Crippen LogP contribution in [-0.4, -0.2) is 43.2 Å². The highest BCUT2D eigenvalue weighted by Crippen LogP contribution is 2.29. The normalized spacial score (nSPS) is 17.1. The van der Waals surface area contributed by atoms with Gasteiger partial charge in [-0.15, -0.1) is 0 Å². The Labute approximate surface area is 114 Å². The van der Waals surface area contributed by atoms with E-state index in [9.17, 15) is 18.0 Å². The molecule has 0 aromatic heterocycles. The first kappa shape index (κ1) is 14.6. The number of alkyl halides is 3. The third-order valence-electron chi connectivity index (χ3n) is 2.97. The molecule has 1 aromatic carbocycles. The second-order valence-electron chi connectivity index (χ2n) is 4.36. The van der Waals surface area contributed by atoms with Crippen molar-refractivity contribution in [2.75, 3.05) is 26.3 Å². The van der Waals surface area contributed by atoms with Crippen LogP contribution in [0.5, 0.6) is 0 Å². The minimum Gasteiger partial charge on any atom is -0.378 e. The summed E-state index contributed by atoms with van der Waals surface area (Å²) in [4.78, 5) is 13.1. The monoisotopic (exact) mass is 285 g/mol. The Morgan fingerprint density at radius 1 is 1.15 bits per heavy atom. The van der Waals surface area contributed by atoms with Gasteiger partial charge in [-0.25, -0.2) is 0 Å². The number of ether oxygens (including phenoxy) is 1. The second-order valence-corrected chi connectivity index (χ2v) is 4.36. The summed E-state index contributed by atoms with van der Waals surface area (Å²) in [5.41, 5.74) is -0.669. The number of allylic oxidation sites excluding steroid dienone is 2. The van der Waals surface area contributed by atoms with E-state index >= 15 is 0 Å². The Bertz CT molecular complexity index is 491. The van der Waals surface area contributed by atoms with Crippen LogP contribution in [-0.2, 0) is 4.74 Å². The van der Waals surface area contributed by atoms with Crippen molar-refractivity contribution < 1.29 is 22.7 Å². The molecule has 1 saturated heterocycles. The standard InChI is InChI=1S/C14H14F3NO2/c15-14(16,17)13(18-6-8-20-9-7-18)10-12(19)11-4-2-1-3-5-11/h1-5,10H,6-9H2/b13-10-. The number of hydrogen-bond acceptors (Lipinski definition) is 3. The van der Waals surface area contributed by atoms with E-state index in [4.69, 9.17) is 4.74 Å². The van der Waals surface area contributed by atoms with Gasteiger partial charge in [0, 0.05) is 24.7 Å². The molecule has 1 aliphatic rings. The maximum Gasteiger partial charge on any atom is 0.431 e. The fourth-order valence-electron chi connectivity index (χ4n) is 1.97. The molecule has 6 heteroatoms. The maximum atomic E-state index is 13.1. The molecule has 1 heterocycles. The Balaban J connectivity index is 2.26. The number of benzene rings is 1. The number of carbonyl (C=O) groups excluding carboxylic acids is 1. The molecule has 0 saturated carbocycles. The highest BCUT2D eigenvalue weighted by atomic mass is 19.4. The predicted octanol–water partition coefficient (Wildman–Crippen LogP) is 2.65. The third kappa shape index (κ3) is 3.60. The molecule has 0 bridgehead atoms. The lowest BCUT2D eigenvalue weighted by molar-refractivity contribution is -0.118. The topological polar surface area (TPSA) is 29.5 Å². The van der Waals surface area contributed by atoms with Gasteiger partial charge in [0.05, 0.1) is 13.2 Å². The summed E-state index contributed by atoms with van der Waals surface area (Å²) >= 11 is 0. The molecule has 2 rings (SSSR count). The first-order valence-electron chi connectivity index (χ1n) is 6.19. The number of carbonyl (C=O) groups is 1. The van der Waals surface area contributed by atoms with Crippen molar-refractivity contribution in [1.82, 2.24) is 4.90 Å². The molecule has 108 valence electrons. The first-order chi connectivity index (χ1) is 9.48. The number of nitrogens with zero attached hydrogens (tertiary/aromatic N) is 1. The zero-order valence-electron chi connectivity index (χ0n) is 10.7. The van der Waals surface area contributed by atoms with Crippen LogP contribution in [0.25, 0.3) is 0 Å². The highest BCUT2D eigenvalue weighted by Gasteiger charge is 2.38. The Kier molecular flexibility index (Phi) is 4.44. The quantitative estimate of drug-likeness (QED) is 0.631. The Morgan fingerprint density at radius 3 is 2.30 bits per heavy atom. The first-order valence-corrected chi connectivity index (χ1v) is 6.19. The molecular weight excluding hydrogens is 271 g/mol. The van der Waals surface area contributed by atoms with Gasteiger partial charge in [0.1, 0.15) is 5.70 Å². The molecule has 0 spiro atoms. The van der Waals surface area contributed by atoms with Crippen LogP contribution in [0.2, 0.25) is 0 Å². The summed E-state index contributed by atoms with van der Waals surface area (Å²) in [7, 11) is 0. The summed E-state index contributed by atoms with van der Waals surface area (Å²) in [5.74, 6) is -0.649. The van der Waals surface area contributed by atoms with E-state index < -0.39 is 17.7 Å². The van der Waals surface area contributed by atoms with E-state index in [2.05, 4.69) is 0 Å². The van der Waals surface area contributed by atoms with Crippen molar-refractivity contribution in [1.29, 1.82) is 0 Å². The lowest BCUT2D eigenvalue weighted by atomic mass is 10.1. The van der Waals surface area contributed by atoms with Gasteiger partial charge in [-0.2, -0.15) is 13.2 Å². The van der Waals surface area contributed by atoms with Crippen LogP contribution in [0.1, 0.15) is 10.4 Å². The van der Waals surface area contributed by atoms with Gasteiger partial charge in [0.25, 0.3) is 0 Å². The average Bonchev–Trinajstić information content (AvgIpc) is 2.45. The molecule has 3 nitrogen and oxygen atoms in total. The van der Waals surface area contributed by atoms with Gasteiger partial charge < -0.3 is 9.64 Å². The molecule has 0 unspecified atom stereocenters. The third-order valence-corrected chi connectivity index (χ3v) is 2.97. The van der Waals surface area contributed by atoms with Crippen molar-refractivity contribution in [3.63, 3.8) is 0 Å². The van der Waals surface area contributed by atoms with Gasteiger partial charge in [0.2, 0.25) is 0 Å². The minimum absolute atomic E-state index is 0.132. The van der Waals surface area contributed by atoms with E-state index in [1.807, 2.05) is 0 Å². The van der Waals surface area contributed by atoms with Crippen molar-refractivity contribution in [2.24, 2.45) is 0 Å². The molecule has 0 amide bonds. The van der Waals surface area contributed by atoms with Gasteiger partial charge in [-0.3, -0.25) is 4.79 Å². The molecule has 20 heavy (non-hydrogen) atoms. The highest BCUT2D eigenvalue weighted by molar-refractivity contribution is 6.04. The van der Waals surface area contributed by atoms with Crippen molar-refractivity contribution in [3.8, 4) is 0 Å². The zero-order chi connectivity index (χ0) is 14.6. The SMILES string of the molecule is O=C(/C=C(\N1CCOCC1)C(F)(F)F)c1ccccc1. The van der Waals surface area contributed by atoms with Crippen LogP contribution in [0.3, 0.4) is 0 Å². The van der Waals surface area contributed by atoms with Crippen LogP contribution < -0.4 is 0 Å². The van der Waals surface area contributed by atoms with Gasteiger partial charge >= 0.3 is 6.18 Å². The smallest absolute Gasteiger partial charge is 0.378 e. The van der Waals surface area contributed by atoms with E-state index in [1.165, 1.54) is 12.1 Å². The van der Waals surface area contributed by atoms with E-state index in [1.54, 1.807) is 18.2 Å². The van der Waals surface area contributed by atoms with Gasteiger partial charge in [-0.1, -0.05) is 30.3 Å². The molecule has 0 N–H and O–H groups in total. The summed E-state index contributed by atoms with van der Waals surface area (Å²) in [6.07, 6.45) is -3.89. The molecule has 1 aromatic rings. The van der Waals surface area contributed by atoms with E-state index in [0.29, 0.717) is 6.08 Å². The molecule has 0 atom stereocenters. The van der Waals surface area contributed by atoms with Crippen molar-refractivity contribution >= 4 is 5.78 Å². The van der Waals surface area contributed by atoms with Crippen LogP contribution in [0, 0.1) is 0 Å². The average molecular weight is 285 g/mol. The molecule has 0 radical (unpaired) electrons. The lowest BCUT2D eigenvalue weighted by Crippen LogP contribution is -2.40. The predicted molar refractivity (Wildman–Crippen MR) is 67.3 cm³/mol. The van der Waals surface area contributed by atoms with E-state index in [-0.39, 0.29) is 31.9 Å². The number of ketones is 1. The van der Waals surface area contributed by atoms with Crippen LogP contribution >= 0.6 is 0 Å². The summed E-state index contributed by atoms with van der Waals surface area (Å²) in [6.45, 7) is 0.723. The molecular formula is C14H14F3NO2. The number of halogens is 3. The summed E-state index contributed by atoms with van der Waals surface area (Å²) in [6, 6.07) is 7.91. The molecule has 0 aliphatic carbocycles. The van der Waals surface area contributed by atoms with Crippen molar-refractivity contribution in [2.45, 2.75) is 6.18 Å². The van der Waals surface area contributed by atoms with Crippen LogP contribution in [0.15, 0.2) is 42.1 Å². The summed E-state index contributed by atoms with van der Waals surface area (Å²) < 4.78 is 44.3. The molecule has 1 fully saturated rings. The lowest BCUT2D eigenvalue weighted by Gasteiger charge is -2.31.